The van der Waals surface area contributed by atoms with Crippen LogP contribution in [0.2, 0.25) is 0 Å². The maximum atomic E-state index is 13.8. The van der Waals surface area contributed by atoms with Crippen LogP contribution in [0.4, 0.5) is 16.2 Å². The number of anilines is 2. The van der Waals surface area contributed by atoms with Crippen molar-refractivity contribution in [1.29, 1.82) is 0 Å². The number of nitrogens with zero attached hydrogens (tertiary/aromatic N) is 1. The van der Waals surface area contributed by atoms with E-state index in [1.54, 1.807) is 23.5 Å². The number of hydrogen-bond acceptors (Lipinski definition) is 5. The molecular formula is C29H25N3O4. The first kappa shape index (κ1) is 22.0. The number of nitrogens with one attached hydrogen (secondary N) is 2. The van der Waals surface area contributed by atoms with Crippen molar-refractivity contribution in [2.75, 3.05) is 10.2 Å². The van der Waals surface area contributed by atoms with E-state index in [0.717, 1.165) is 22.7 Å². The number of carbonyl (C=O) groups is 2. The van der Waals surface area contributed by atoms with Gasteiger partial charge in [0.05, 0.1) is 36.5 Å². The lowest BCUT2D eigenvalue weighted by atomic mass is 9.80. The topological polar surface area (TPSA) is 87.7 Å². The van der Waals surface area contributed by atoms with Gasteiger partial charge in [-0.05, 0) is 48.4 Å². The van der Waals surface area contributed by atoms with E-state index in [1.165, 1.54) is 0 Å². The zero-order chi connectivity index (χ0) is 24.5. The molecule has 7 heteroatoms. The Hall–Kier alpha value is -4.52. The van der Waals surface area contributed by atoms with E-state index in [-0.39, 0.29) is 24.3 Å². The number of ketones is 1. The van der Waals surface area contributed by atoms with Gasteiger partial charge in [-0.2, -0.15) is 0 Å². The molecule has 2 aromatic heterocycles. The molecule has 0 saturated heterocycles. The number of para-hydroxylation sites is 2. The Balaban J connectivity index is 1.48. The first-order chi connectivity index (χ1) is 17.7. The first-order valence-corrected chi connectivity index (χ1v) is 12.0. The number of rotatable bonds is 4. The largest absolute Gasteiger partial charge is 0.469 e. The van der Waals surface area contributed by atoms with Gasteiger partial charge in [-0.3, -0.25) is 9.69 Å². The van der Waals surface area contributed by atoms with Gasteiger partial charge in [-0.15, -0.1) is 0 Å². The van der Waals surface area contributed by atoms with Crippen LogP contribution in [-0.4, -0.2) is 11.8 Å². The maximum Gasteiger partial charge on any atom is 0.323 e. The standard InChI is InChI=1S/C29H25N3O4/c33-25-17-20(26-13-7-15-36-26)16-23-27(25)28(19-8-2-1-3-9-19)32(24-12-5-4-11-22(24)31-23)29(34)30-18-21-10-6-14-35-21/h1-15,20,28,31H,16-18H2,(H,30,34)/t20-,28+/m0/s1. The Morgan fingerprint density at radius 1 is 0.917 bits per heavy atom. The Kier molecular flexibility index (Phi) is 5.65. The first-order valence-electron chi connectivity index (χ1n) is 12.0. The number of allylic oxidation sites excluding steroid dienone is 1. The van der Waals surface area contributed by atoms with Crippen LogP contribution >= 0.6 is 0 Å². The molecule has 36 heavy (non-hydrogen) atoms. The van der Waals surface area contributed by atoms with Crippen LogP contribution in [0.15, 0.2) is 111 Å². The third-order valence-corrected chi connectivity index (χ3v) is 6.76. The summed E-state index contributed by atoms with van der Waals surface area (Å²) < 4.78 is 11.1. The Morgan fingerprint density at radius 3 is 2.47 bits per heavy atom. The van der Waals surface area contributed by atoms with Gasteiger partial charge in [0, 0.05) is 23.6 Å². The summed E-state index contributed by atoms with van der Waals surface area (Å²) >= 11 is 0. The van der Waals surface area contributed by atoms with Crippen molar-refractivity contribution in [2.45, 2.75) is 31.3 Å². The SMILES string of the molecule is O=C1C[C@@H](c2ccco2)CC2=C1[C@@H](c1ccccc1)N(C(=O)NCc1ccco1)c1ccccc1N2. The van der Waals surface area contributed by atoms with Crippen molar-refractivity contribution < 1.29 is 18.4 Å². The van der Waals surface area contributed by atoms with Crippen molar-refractivity contribution in [3.8, 4) is 0 Å². The van der Waals surface area contributed by atoms with Crippen LogP contribution in [0.1, 0.15) is 41.9 Å². The van der Waals surface area contributed by atoms with Crippen molar-refractivity contribution in [3.63, 3.8) is 0 Å². The number of carbonyl (C=O) groups excluding carboxylic acids is 2. The molecule has 0 bridgehead atoms. The van der Waals surface area contributed by atoms with Gasteiger partial charge in [0.15, 0.2) is 5.78 Å². The Labute approximate surface area is 208 Å². The van der Waals surface area contributed by atoms with E-state index in [2.05, 4.69) is 10.6 Å². The second-order valence-corrected chi connectivity index (χ2v) is 9.00. The highest BCUT2D eigenvalue weighted by Gasteiger charge is 2.42. The minimum absolute atomic E-state index is 0.00403. The predicted octanol–water partition coefficient (Wildman–Crippen LogP) is 6.16. The second kappa shape index (κ2) is 9.26. The number of amides is 2. The molecule has 0 fully saturated rings. The van der Waals surface area contributed by atoms with E-state index in [1.807, 2.05) is 72.8 Å². The van der Waals surface area contributed by atoms with Crippen molar-refractivity contribution >= 4 is 23.2 Å². The van der Waals surface area contributed by atoms with E-state index in [9.17, 15) is 9.59 Å². The lowest BCUT2D eigenvalue weighted by Crippen LogP contribution is -2.44. The summed E-state index contributed by atoms with van der Waals surface area (Å²) in [4.78, 5) is 29.3. The van der Waals surface area contributed by atoms with Crippen LogP contribution in [-0.2, 0) is 11.3 Å². The lowest BCUT2D eigenvalue weighted by molar-refractivity contribution is -0.116. The monoisotopic (exact) mass is 479 g/mol. The van der Waals surface area contributed by atoms with E-state index < -0.39 is 6.04 Å². The zero-order valence-electron chi connectivity index (χ0n) is 19.5. The van der Waals surface area contributed by atoms with Gasteiger partial charge in [0.2, 0.25) is 0 Å². The van der Waals surface area contributed by atoms with E-state index in [0.29, 0.717) is 29.9 Å². The molecule has 180 valence electrons. The van der Waals surface area contributed by atoms with Gasteiger partial charge in [0.1, 0.15) is 11.5 Å². The molecule has 0 radical (unpaired) electrons. The number of benzene rings is 2. The quantitative estimate of drug-likeness (QED) is 0.366. The summed E-state index contributed by atoms with van der Waals surface area (Å²) in [5.74, 6) is 1.37. The number of urea groups is 1. The summed E-state index contributed by atoms with van der Waals surface area (Å²) in [5.41, 5.74) is 3.75. The Morgan fingerprint density at radius 2 is 1.69 bits per heavy atom. The van der Waals surface area contributed by atoms with Crippen molar-refractivity contribution in [1.82, 2.24) is 5.32 Å². The van der Waals surface area contributed by atoms with Crippen molar-refractivity contribution in [2.24, 2.45) is 0 Å². The number of fused-ring (bicyclic) bond motifs is 1. The molecule has 0 saturated carbocycles. The highest BCUT2D eigenvalue weighted by molar-refractivity contribution is 6.06. The molecule has 7 nitrogen and oxygen atoms in total. The summed E-state index contributed by atoms with van der Waals surface area (Å²) in [6.45, 7) is 0.236. The predicted molar refractivity (Wildman–Crippen MR) is 135 cm³/mol. The van der Waals surface area contributed by atoms with E-state index >= 15 is 0 Å². The molecule has 6 rings (SSSR count). The van der Waals surface area contributed by atoms with Crippen molar-refractivity contribution in [3.05, 3.63) is 120 Å². The van der Waals surface area contributed by atoms with Crippen LogP contribution in [0.25, 0.3) is 0 Å². The number of Topliss-reactive ketones (excluding diaryl/α,β-unsaturated/α-hetero) is 1. The molecule has 2 aromatic carbocycles. The third kappa shape index (κ3) is 3.98. The van der Waals surface area contributed by atoms with Gasteiger partial charge in [0.25, 0.3) is 0 Å². The van der Waals surface area contributed by atoms with Gasteiger partial charge in [-0.1, -0.05) is 42.5 Å². The maximum absolute atomic E-state index is 13.8. The van der Waals surface area contributed by atoms with Crippen LogP contribution < -0.4 is 15.5 Å². The minimum Gasteiger partial charge on any atom is -0.469 e. The van der Waals surface area contributed by atoms with Crippen LogP contribution in [0.5, 0.6) is 0 Å². The summed E-state index contributed by atoms with van der Waals surface area (Å²) in [6.07, 6.45) is 4.13. The average Bonchev–Trinajstić information content (AvgIpc) is 3.60. The molecule has 1 aliphatic heterocycles. The lowest BCUT2D eigenvalue weighted by Gasteiger charge is -2.34. The van der Waals surface area contributed by atoms with Gasteiger partial charge in [-0.25, -0.2) is 4.79 Å². The zero-order valence-corrected chi connectivity index (χ0v) is 19.5. The molecule has 1 aliphatic carbocycles. The number of hydrogen-bond donors (Lipinski definition) is 2. The summed E-state index contributed by atoms with van der Waals surface area (Å²) in [7, 11) is 0. The molecule has 3 heterocycles. The highest BCUT2D eigenvalue weighted by Crippen LogP contribution is 2.47. The number of furan rings is 2. The molecule has 2 atom stereocenters. The van der Waals surface area contributed by atoms with Crippen LogP contribution in [0, 0.1) is 0 Å². The summed E-state index contributed by atoms with van der Waals surface area (Å²) in [5, 5.41) is 6.50. The second-order valence-electron chi connectivity index (χ2n) is 9.00. The van der Waals surface area contributed by atoms with Crippen LogP contribution in [0.3, 0.4) is 0 Å². The van der Waals surface area contributed by atoms with E-state index in [4.69, 9.17) is 8.83 Å². The van der Waals surface area contributed by atoms with Gasteiger partial charge < -0.3 is 19.5 Å². The fourth-order valence-corrected chi connectivity index (χ4v) is 5.15. The Bertz CT molecular complexity index is 1410. The molecule has 2 aliphatic rings. The molecular weight excluding hydrogens is 454 g/mol. The van der Waals surface area contributed by atoms with Gasteiger partial charge >= 0.3 is 6.03 Å². The molecule has 2 N–H and O–H groups in total. The normalized spacial score (nSPS) is 19.2. The molecule has 0 spiro atoms. The highest BCUT2D eigenvalue weighted by atomic mass is 16.3. The minimum atomic E-state index is -0.598. The molecule has 4 aromatic rings. The third-order valence-electron chi connectivity index (χ3n) is 6.76. The molecule has 0 unspecified atom stereocenters. The summed E-state index contributed by atoms with van der Waals surface area (Å²) in [6, 6.07) is 23.8. The molecule has 2 amide bonds. The average molecular weight is 480 g/mol. The fraction of sp³-hybridized carbons (Fsp3) is 0.172. The fourth-order valence-electron chi connectivity index (χ4n) is 5.15. The smallest absolute Gasteiger partial charge is 0.323 e.